The van der Waals surface area contributed by atoms with E-state index in [-0.39, 0.29) is 5.91 Å². The minimum Gasteiger partial charge on any atom is -0.469 e. The molecule has 106 valence electrons. The fraction of sp³-hybridized carbons (Fsp3) is 0.353. The first-order valence-corrected chi connectivity index (χ1v) is 7.05. The summed E-state index contributed by atoms with van der Waals surface area (Å²) in [5, 5.41) is 0. The normalized spacial score (nSPS) is 10.5. The molecule has 1 aromatic carbocycles. The summed E-state index contributed by atoms with van der Waals surface area (Å²) >= 11 is 0. The number of hydrogen-bond donors (Lipinski definition) is 0. The molecule has 0 unspecified atom stereocenters. The average Bonchev–Trinajstić information content (AvgIpc) is 2.97. The van der Waals surface area contributed by atoms with E-state index in [1.54, 1.807) is 6.26 Å². The second-order valence-electron chi connectivity index (χ2n) is 4.91. The Kier molecular flexibility index (Phi) is 4.99. The van der Waals surface area contributed by atoms with Crippen LogP contribution in [0.1, 0.15) is 30.2 Å². The minimum absolute atomic E-state index is 0.173. The molecule has 0 aliphatic heterocycles. The van der Waals surface area contributed by atoms with Gasteiger partial charge in [0.25, 0.3) is 0 Å². The summed E-state index contributed by atoms with van der Waals surface area (Å²) in [5.74, 6) is 1.04. The van der Waals surface area contributed by atoms with E-state index < -0.39 is 0 Å². The Balaban J connectivity index is 1.94. The Bertz CT molecular complexity index is 546. The molecule has 3 nitrogen and oxygen atoms in total. The van der Waals surface area contributed by atoms with Crippen LogP contribution in [-0.2, 0) is 17.8 Å². The lowest BCUT2D eigenvalue weighted by Gasteiger charge is -2.22. The van der Waals surface area contributed by atoms with Crippen molar-refractivity contribution in [1.29, 1.82) is 0 Å². The highest BCUT2D eigenvalue weighted by atomic mass is 16.3. The molecule has 0 fully saturated rings. The van der Waals surface area contributed by atoms with Gasteiger partial charge in [-0.05, 0) is 37.1 Å². The summed E-state index contributed by atoms with van der Waals surface area (Å²) in [6, 6.07) is 12.0. The van der Waals surface area contributed by atoms with Gasteiger partial charge in [0, 0.05) is 25.9 Å². The van der Waals surface area contributed by atoms with Crippen molar-refractivity contribution in [1.82, 2.24) is 4.90 Å². The molecule has 0 radical (unpaired) electrons. The fourth-order valence-corrected chi connectivity index (χ4v) is 2.21. The van der Waals surface area contributed by atoms with Crippen molar-refractivity contribution in [2.24, 2.45) is 0 Å². The van der Waals surface area contributed by atoms with Crippen molar-refractivity contribution < 1.29 is 9.21 Å². The molecular weight excluding hydrogens is 250 g/mol. The Morgan fingerprint density at radius 3 is 2.65 bits per heavy atom. The number of aryl methyl sites for hydroxylation is 2. The minimum atomic E-state index is 0.173. The highest BCUT2D eigenvalue weighted by Crippen LogP contribution is 2.12. The third-order valence-corrected chi connectivity index (χ3v) is 3.52. The maximum Gasteiger partial charge on any atom is 0.223 e. The van der Waals surface area contributed by atoms with Gasteiger partial charge in [-0.3, -0.25) is 4.79 Å². The number of carbonyl (C=O) groups is 1. The van der Waals surface area contributed by atoms with E-state index in [1.165, 1.54) is 11.1 Å². The molecule has 0 saturated heterocycles. The van der Waals surface area contributed by atoms with Gasteiger partial charge in [-0.25, -0.2) is 0 Å². The molecular formula is C17H21NO2. The second-order valence-corrected chi connectivity index (χ2v) is 4.91. The van der Waals surface area contributed by atoms with Gasteiger partial charge in [-0.15, -0.1) is 0 Å². The summed E-state index contributed by atoms with van der Waals surface area (Å²) in [6.45, 7) is 5.51. The fourth-order valence-electron chi connectivity index (χ4n) is 2.21. The first kappa shape index (κ1) is 14.4. The van der Waals surface area contributed by atoms with E-state index >= 15 is 0 Å². The number of benzene rings is 1. The molecule has 0 atom stereocenters. The van der Waals surface area contributed by atoms with Gasteiger partial charge in [0.05, 0.1) is 6.26 Å². The molecule has 20 heavy (non-hydrogen) atoms. The Morgan fingerprint density at radius 1 is 1.20 bits per heavy atom. The van der Waals surface area contributed by atoms with Crippen LogP contribution in [0.2, 0.25) is 0 Å². The predicted octanol–water partition coefficient (Wildman–Crippen LogP) is 3.57. The molecule has 0 spiro atoms. The molecule has 0 aliphatic rings. The van der Waals surface area contributed by atoms with Crippen molar-refractivity contribution >= 4 is 5.91 Å². The van der Waals surface area contributed by atoms with Crippen LogP contribution in [0.5, 0.6) is 0 Å². The average molecular weight is 271 g/mol. The third kappa shape index (κ3) is 3.73. The lowest BCUT2D eigenvalue weighted by molar-refractivity contribution is -0.131. The summed E-state index contributed by atoms with van der Waals surface area (Å²) < 4.78 is 5.26. The maximum absolute atomic E-state index is 12.3. The van der Waals surface area contributed by atoms with E-state index in [0.717, 1.165) is 12.3 Å². The predicted molar refractivity (Wildman–Crippen MR) is 79.3 cm³/mol. The standard InChI is InChI=1S/C17H21NO2/c1-3-18(13-15-8-5-4-7-14(15)2)17(19)11-10-16-9-6-12-20-16/h4-9,12H,3,10-11,13H2,1-2H3. The molecule has 0 N–H and O–H groups in total. The molecule has 0 saturated carbocycles. The molecule has 2 rings (SSSR count). The highest BCUT2D eigenvalue weighted by Gasteiger charge is 2.13. The van der Waals surface area contributed by atoms with E-state index in [1.807, 2.05) is 36.1 Å². The van der Waals surface area contributed by atoms with Crippen molar-refractivity contribution in [3.8, 4) is 0 Å². The molecule has 1 amide bonds. The monoisotopic (exact) mass is 271 g/mol. The van der Waals surface area contributed by atoms with Crippen LogP contribution in [0.25, 0.3) is 0 Å². The lowest BCUT2D eigenvalue weighted by atomic mass is 10.1. The molecule has 0 aliphatic carbocycles. The summed E-state index contributed by atoms with van der Waals surface area (Å²) in [5.41, 5.74) is 2.44. The van der Waals surface area contributed by atoms with E-state index in [0.29, 0.717) is 19.4 Å². The van der Waals surface area contributed by atoms with Crippen molar-refractivity contribution in [2.75, 3.05) is 6.54 Å². The summed E-state index contributed by atoms with van der Waals surface area (Å²) in [6.07, 6.45) is 2.80. The number of rotatable bonds is 6. The zero-order chi connectivity index (χ0) is 14.4. The Labute approximate surface area is 120 Å². The SMILES string of the molecule is CCN(Cc1ccccc1C)C(=O)CCc1ccco1. The topological polar surface area (TPSA) is 33.5 Å². The third-order valence-electron chi connectivity index (χ3n) is 3.52. The highest BCUT2D eigenvalue weighted by molar-refractivity contribution is 5.76. The molecule has 1 aromatic heterocycles. The summed E-state index contributed by atoms with van der Waals surface area (Å²) in [4.78, 5) is 14.2. The van der Waals surface area contributed by atoms with E-state index in [4.69, 9.17) is 4.42 Å². The van der Waals surface area contributed by atoms with Crippen LogP contribution in [-0.4, -0.2) is 17.4 Å². The number of hydrogen-bond acceptors (Lipinski definition) is 2. The molecule has 0 bridgehead atoms. The Morgan fingerprint density at radius 2 is 2.00 bits per heavy atom. The molecule has 2 aromatic rings. The quantitative estimate of drug-likeness (QED) is 0.804. The van der Waals surface area contributed by atoms with Crippen LogP contribution in [0.15, 0.2) is 47.1 Å². The zero-order valence-electron chi connectivity index (χ0n) is 12.1. The largest absolute Gasteiger partial charge is 0.469 e. The molecule has 1 heterocycles. The zero-order valence-corrected chi connectivity index (χ0v) is 12.1. The van der Waals surface area contributed by atoms with E-state index in [2.05, 4.69) is 19.1 Å². The van der Waals surface area contributed by atoms with E-state index in [9.17, 15) is 4.79 Å². The number of carbonyl (C=O) groups excluding carboxylic acids is 1. The van der Waals surface area contributed by atoms with Crippen molar-refractivity contribution in [2.45, 2.75) is 33.2 Å². The molecule has 3 heteroatoms. The second kappa shape index (κ2) is 6.94. The van der Waals surface area contributed by atoms with Crippen molar-refractivity contribution in [3.05, 3.63) is 59.5 Å². The van der Waals surface area contributed by atoms with Gasteiger partial charge in [-0.1, -0.05) is 24.3 Å². The lowest BCUT2D eigenvalue weighted by Crippen LogP contribution is -2.30. The smallest absolute Gasteiger partial charge is 0.223 e. The summed E-state index contributed by atoms with van der Waals surface area (Å²) in [7, 11) is 0. The Hall–Kier alpha value is -2.03. The number of amides is 1. The van der Waals surface area contributed by atoms with Gasteiger partial charge in [-0.2, -0.15) is 0 Å². The van der Waals surface area contributed by atoms with Gasteiger partial charge in [0.2, 0.25) is 5.91 Å². The number of furan rings is 1. The first-order chi connectivity index (χ1) is 9.70. The van der Waals surface area contributed by atoms with Crippen LogP contribution >= 0.6 is 0 Å². The first-order valence-electron chi connectivity index (χ1n) is 7.05. The number of nitrogens with zero attached hydrogens (tertiary/aromatic N) is 1. The van der Waals surface area contributed by atoms with Crippen molar-refractivity contribution in [3.63, 3.8) is 0 Å². The van der Waals surface area contributed by atoms with Crippen LogP contribution in [0.3, 0.4) is 0 Å². The van der Waals surface area contributed by atoms with Gasteiger partial charge in [0.1, 0.15) is 5.76 Å². The van der Waals surface area contributed by atoms with Gasteiger partial charge < -0.3 is 9.32 Å². The van der Waals surface area contributed by atoms with Gasteiger partial charge in [0.15, 0.2) is 0 Å². The van der Waals surface area contributed by atoms with Crippen LogP contribution < -0.4 is 0 Å². The van der Waals surface area contributed by atoms with Gasteiger partial charge >= 0.3 is 0 Å². The van der Waals surface area contributed by atoms with Crippen LogP contribution in [0, 0.1) is 6.92 Å². The van der Waals surface area contributed by atoms with Crippen LogP contribution in [0.4, 0.5) is 0 Å². The maximum atomic E-state index is 12.3.